The Morgan fingerprint density at radius 2 is 2.38 bits per heavy atom. The van der Waals surface area contributed by atoms with Crippen LogP contribution in [-0.2, 0) is 6.42 Å². The smallest absolute Gasteiger partial charge is 0.339 e. The normalized spacial score (nSPS) is 9.69. The molecular weight excluding hydrogens is 168 g/mol. The first-order chi connectivity index (χ1) is 6.19. The van der Waals surface area contributed by atoms with Gasteiger partial charge in [0.25, 0.3) is 0 Å². The van der Waals surface area contributed by atoms with E-state index in [2.05, 4.69) is 10.3 Å². The third-order valence-corrected chi connectivity index (χ3v) is 1.82. The molecule has 0 radical (unpaired) electrons. The molecule has 1 aromatic rings. The number of anilines is 1. The van der Waals surface area contributed by atoms with E-state index in [1.165, 1.54) is 6.20 Å². The molecule has 0 unspecified atom stereocenters. The lowest BCUT2D eigenvalue weighted by Gasteiger charge is -2.05. The van der Waals surface area contributed by atoms with Gasteiger partial charge in [-0.25, -0.2) is 4.79 Å². The topological polar surface area (TPSA) is 62.2 Å². The lowest BCUT2D eigenvalue weighted by molar-refractivity contribution is 0.0697. The van der Waals surface area contributed by atoms with Crippen LogP contribution in [0.15, 0.2) is 12.3 Å². The third-order valence-electron chi connectivity index (χ3n) is 1.82. The van der Waals surface area contributed by atoms with Crippen LogP contribution in [0.5, 0.6) is 0 Å². The molecule has 0 saturated carbocycles. The Balaban J connectivity index is 3.15. The minimum Gasteiger partial charge on any atom is -0.478 e. The summed E-state index contributed by atoms with van der Waals surface area (Å²) in [6.45, 7) is 1.97. The van der Waals surface area contributed by atoms with E-state index in [4.69, 9.17) is 5.11 Å². The van der Waals surface area contributed by atoms with Gasteiger partial charge in [0.1, 0.15) is 5.56 Å². The largest absolute Gasteiger partial charge is 0.478 e. The first-order valence-electron chi connectivity index (χ1n) is 4.09. The van der Waals surface area contributed by atoms with Crippen LogP contribution < -0.4 is 5.32 Å². The zero-order chi connectivity index (χ0) is 9.84. The summed E-state index contributed by atoms with van der Waals surface area (Å²) < 4.78 is 0. The summed E-state index contributed by atoms with van der Waals surface area (Å²) in [6, 6.07) is 1.75. The van der Waals surface area contributed by atoms with E-state index in [1.807, 2.05) is 6.92 Å². The number of aromatic carboxylic acids is 1. The van der Waals surface area contributed by atoms with Crippen molar-refractivity contribution in [3.63, 3.8) is 0 Å². The minimum atomic E-state index is -0.959. The molecule has 0 saturated heterocycles. The number of aromatic nitrogens is 1. The zero-order valence-electron chi connectivity index (χ0n) is 7.66. The van der Waals surface area contributed by atoms with Gasteiger partial charge >= 0.3 is 5.97 Å². The Morgan fingerprint density at radius 1 is 1.69 bits per heavy atom. The molecule has 2 N–H and O–H groups in total. The van der Waals surface area contributed by atoms with Crippen LogP contribution in [0.25, 0.3) is 0 Å². The van der Waals surface area contributed by atoms with Gasteiger partial charge in [-0.05, 0) is 12.5 Å². The van der Waals surface area contributed by atoms with Gasteiger partial charge < -0.3 is 10.4 Å². The summed E-state index contributed by atoms with van der Waals surface area (Å²) in [5, 5.41) is 11.6. The first-order valence-corrected chi connectivity index (χ1v) is 4.09. The van der Waals surface area contributed by atoms with Crippen LogP contribution in [0.4, 0.5) is 5.69 Å². The van der Waals surface area contributed by atoms with Crippen molar-refractivity contribution in [2.24, 2.45) is 0 Å². The Morgan fingerprint density at radius 3 is 2.85 bits per heavy atom. The molecule has 0 fully saturated rings. The van der Waals surface area contributed by atoms with Gasteiger partial charge in [-0.1, -0.05) is 6.92 Å². The summed E-state index contributed by atoms with van der Waals surface area (Å²) in [6.07, 6.45) is 2.18. The maximum absolute atomic E-state index is 10.7. The van der Waals surface area contributed by atoms with E-state index in [-0.39, 0.29) is 5.56 Å². The second-order valence-corrected chi connectivity index (χ2v) is 2.63. The van der Waals surface area contributed by atoms with Gasteiger partial charge in [-0.3, -0.25) is 4.98 Å². The van der Waals surface area contributed by atoms with E-state index in [0.29, 0.717) is 5.69 Å². The molecule has 0 atom stereocenters. The van der Waals surface area contributed by atoms with Crippen molar-refractivity contribution in [1.82, 2.24) is 4.98 Å². The fourth-order valence-corrected chi connectivity index (χ4v) is 1.07. The van der Waals surface area contributed by atoms with Crippen molar-refractivity contribution in [3.8, 4) is 0 Å². The standard InChI is InChI=1S/C9H12N2O2/c1-3-6-4-8(10-2)7(5-11-6)9(12)13/h4-5H,3H2,1-2H3,(H,10,11)(H,12,13). The molecular formula is C9H12N2O2. The summed E-state index contributed by atoms with van der Waals surface area (Å²) in [5.74, 6) is -0.959. The van der Waals surface area contributed by atoms with E-state index in [0.717, 1.165) is 12.1 Å². The molecule has 0 aromatic carbocycles. The lowest BCUT2D eigenvalue weighted by atomic mass is 10.2. The fraction of sp³-hybridized carbons (Fsp3) is 0.333. The van der Waals surface area contributed by atoms with Gasteiger partial charge in [0.2, 0.25) is 0 Å². The number of pyridine rings is 1. The van der Waals surface area contributed by atoms with Crippen molar-refractivity contribution in [1.29, 1.82) is 0 Å². The summed E-state index contributed by atoms with van der Waals surface area (Å²) in [4.78, 5) is 14.7. The highest BCUT2D eigenvalue weighted by Gasteiger charge is 2.09. The third kappa shape index (κ3) is 1.96. The van der Waals surface area contributed by atoms with Crippen molar-refractivity contribution < 1.29 is 9.90 Å². The molecule has 1 aromatic heterocycles. The highest BCUT2D eigenvalue weighted by atomic mass is 16.4. The van der Waals surface area contributed by atoms with E-state index >= 15 is 0 Å². The molecule has 0 amide bonds. The number of aryl methyl sites for hydroxylation is 1. The van der Waals surface area contributed by atoms with Crippen LogP contribution >= 0.6 is 0 Å². The van der Waals surface area contributed by atoms with Gasteiger partial charge in [0, 0.05) is 18.9 Å². The average Bonchev–Trinajstić information content (AvgIpc) is 2.16. The van der Waals surface area contributed by atoms with Gasteiger partial charge in [0.05, 0.1) is 5.69 Å². The Kier molecular flexibility index (Phi) is 2.84. The quantitative estimate of drug-likeness (QED) is 0.737. The van der Waals surface area contributed by atoms with Gasteiger partial charge in [0.15, 0.2) is 0 Å². The van der Waals surface area contributed by atoms with Crippen LogP contribution in [-0.4, -0.2) is 23.1 Å². The highest BCUT2D eigenvalue weighted by molar-refractivity contribution is 5.93. The minimum absolute atomic E-state index is 0.208. The number of nitrogens with one attached hydrogen (secondary N) is 1. The van der Waals surface area contributed by atoms with Crippen LogP contribution in [0.1, 0.15) is 23.0 Å². The molecule has 0 aliphatic heterocycles. The van der Waals surface area contributed by atoms with Crippen molar-refractivity contribution >= 4 is 11.7 Å². The number of hydrogen-bond acceptors (Lipinski definition) is 3. The maximum Gasteiger partial charge on any atom is 0.339 e. The van der Waals surface area contributed by atoms with Crippen molar-refractivity contribution in [3.05, 3.63) is 23.5 Å². The first kappa shape index (κ1) is 9.51. The van der Waals surface area contributed by atoms with Gasteiger partial charge in [-0.15, -0.1) is 0 Å². The van der Waals surface area contributed by atoms with Crippen molar-refractivity contribution in [2.75, 3.05) is 12.4 Å². The lowest BCUT2D eigenvalue weighted by Crippen LogP contribution is -2.04. The highest BCUT2D eigenvalue weighted by Crippen LogP contribution is 2.15. The number of hydrogen-bond donors (Lipinski definition) is 2. The molecule has 1 heterocycles. The van der Waals surface area contributed by atoms with E-state index < -0.39 is 5.97 Å². The Bertz CT molecular complexity index is 323. The number of rotatable bonds is 3. The number of nitrogens with zero attached hydrogens (tertiary/aromatic N) is 1. The van der Waals surface area contributed by atoms with E-state index in [9.17, 15) is 4.79 Å². The zero-order valence-corrected chi connectivity index (χ0v) is 7.66. The number of carbonyl (C=O) groups is 1. The monoisotopic (exact) mass is 180 g/mol. The van der Waals surface area contributed by atoms with E-state index in [1.54, 1.807) is 13.1 Å². The van der Waals surface area contributed by atoms with Crippen LogP contribution in [0, 0.1) is 0 Å². The molecule has 0 aliphatic carbocycles. The molecule has 0 spiro atoms. The molecule has 4 heteroatoms. The summed E-state index contributed by atoms with van der Waals surface area (Å²) >= 11 is 0. The molecule has 13 heavy (non-hydrogen) atoms. The number of carboxylic acid groups (broad SMARTS) is 1. The summed E-state index contributed by atoms with van der Waals surface area (Å²) in [7, 11) is 1.70. The SMILES string of the molecule is CCc1cc(NC)c(C(=O)O)cn1. The van der Waals surface area contributed by atoms with Gasteiger partial charge in [-0.2, -0.15) is 0 Å². The molecule has 0 aliphatic rings. The van der Waals surface area contributed by atoms with Crippen molar-refractivity contribution in [2.45, 2.75) is 13.3 Å². The second-order valence-electron chi connectivity index (χ2n) is 2.63. The molecule has 0 bridgehead atoms. The predicted octanol–water partition coefficient (Wildman–Crippen LogP) is 1.38. The Labute approximate surface area is 76.6 Å². The predicted molar refractivity (Wildman–Crippen MR) is 50.1 cm³/mol. The molecule has 70 valence electrons. The molecule has 4 nitrogen and oxygen atoms in total. The van der Waals surface area contributed by atoms with Crippen LogP contribution in [0.3, 0.4) is 0 Å². The molecule has 1 rings (SSSR count). The Hall–Kier alpha value is -1.58. The summed E-state index contributed by atoms with van der Waals surface area (Å²) in [5.41, 5.74) is 1.70. The average molecular weight is 180 g/mol. The fourth-order valence-electron chi connectivity index (χ4n) is 1.07. The second kappa shape index (κ2) is 3.89. The van der Waals surface area contributed by atoms with Crippen LogP contribution in [0.2, 0.25) is 0 Å². The maximum atomic E-state index is 10.7. The number of carboxylic acids is 1.